The van der Waals surface area contributed by atoms with Crippen molar-refractivity contribution in [2.45, 2.75) is 12.0 Å². The fourth-order valence-corrected chi connectivity index (χ4v) is 3.56. The largest absolute Gasteiger partial charge is 0.347 e. The van der Waals surface area contributed by atoms with Gasteiger partial charge in [-0.2, -0.15) is 0 Å². The number of pyridine rings is 1. The Kier molecular flexibility index (Phi) is 3.57. The highest BCUT2D eigenvalue weighted by Gasteiger charge is 2.35. The van der Waals surface area contributed by atoms with Crippen molar-refractivity contribution < 1.29 is 4.79 Å². The Labute approximate surface area is 139 Å². The zero-order valence-corrected chi connectivity index (χ0v) is 13.7. The van der Waals surface area contributed by atoms with Crippen LogP contribution in [0, 0.1) is 0 Å². The summed E-state index contributed by atoms with van der Waals surface area (Å²) in [4.78, 5) is 26.5. The highest BCUT2D eigenvalue weighted by atomic mass is 16.1. The lowest BCUT2D eigenvalue weighted by molar-refractivity contribution is 0.0937. The van der Waals surface area contributed by atoms with Crippen molar-refractivity contribution in [2.75, 3.05) is 20.1 Å². The first-order chi connectivity index (χ1) is 11.6. The minimum atomic E-state index is -0.0679. The molecule has 1 aliphatic heterocycles. The first-order valence-corrected chi connectivity index (χ1v) is 8.01. The lowest BCUT2D eigenvalue weighted by Gasteiger charge is -2.20. The molecule has 1 saturated heterocycles. The predicted molar refractivity (Wildman–Crippen MR) is 90.8 cm³/mol. The molecule has 124 valence electrons. The number of rotatable bonds is 3. The SMILES string of the molecule is CN1C[C@@H](NC(=O)c2c[nH]c3ncccc23)[C@H](c2cncn2C)C1. The van der Waals surface area contributed by atoms with Crippen LogP contribution in [-0.4, -0.2) is 56.5 Å². The molecule has 4 heterocycles. The van der Waals surface area contributed by atoms with Gasteiger partial charge in [-0.15, -0.1) is 0 Å². The summed E-state index contributed by atoms with van der Waals surface area (Å²) in [5.74, 6) is 0.163. The van der Waals surface area contributed by atoms with Gasteiger partial charge in [0.2, 0.25) is 0 Å². The van der Waals surface area contributed by atoms with Crippen LogP contribution in [0.4, 0.5) is 0 Å². The van der Waals surface area contributed by atoms with Crippen molar-refractivity contribution in [1.29, 1.82) is 0 Å². The number of hydrogen-bond acceptors (Lipinski definition) is 4. The second-order valence-electron chi connectivity index (χ2n) is 6.44. The van der Waals surface area contributed by atoms with Crippen LogP contribution in [0.15, 0.2) is 37.1 Å². The molecule has 0 bridgehead atoms. The van der Waals surface area contributed by atoms with Gasteiger partial charge < -0.3 is 19.8 Å². The average Bonchev–Trinajstić information content (AvgIpc) is 3.25. The summed E-state index contributed by atoms with van der Waals surface area (Å²) in [6.07, 6.45) is 7.13. The quantitative estimate of drug-likeness (QED) is 0.757. The number of aryl methyl sites for hydroxylation is 1. The molecule has 0 unspecified atom stereocenters. The Morgan fingerprint density at radius 3 is 3.04 bits per heavy atom. The second-order valence-corrected chi connectivity index (χ2v) is 6.44. The molecular formula is C17H20N6O. The summed E-state index contributed by atoms with van der Waals surface area (Å²) in [6, 6.07) is 3.81. The highest BCUT2D eigenvalue weighted by Crippen LogP contribution is 2.27. The summed E-state index contributed by atoms with van der Waals surface area (Å²) in [5.41, 5.74) is 2.51. The molecule has 0 aliphatic carbocycles. The van der Waals surface area contributed by atoms with Crippen molar-refractivity contribution in [1.82, 2.24) is 29.7 Å². The van der Waals surface area contributed by atoms with E-state index in [1.165, 1.54) is 0 Å². The van der Waals surface area contributed by atoms with E-state index in [1.54, 1.807) is 18.7 Å². The van der Waals surface area contributed by atoms with Gasteiger partial charge in [0.1, 0.15) is 5.65 Å². The summed E-state index contributed by atoms with van der Waals surface area (Å²) in [7, 11) is 4.07. The van der Waals surface area contributed by atoms with Crippen LogP contribution in [-0.2, 0) is 7.05 Å². The molecule has 2 N–H and O–H groups in total. The molecular weight excluding hydrogens is 304 g/mol. The lowest BCUT2D eigenvalue weighted by Crippen LogP contribution is -2.40. The predicted octanol–water partition coefficient (Wildman–Crippen LogP) is 1.12. The molecule has 0 saturated carbocycles. The van der Waals surface area contributed by atoms with E-state index in [0.717, 1.165) is 29.8 Å². The number of aromatic nitrogens is 4. The molecule has 7 nitrogen and oxygen atoms in total. The van der Waals surface area contributed by atoms with Crippen LogP contribution in [0.5, 0.6) is 0 Å². The maximum atomic E-state index is 12.8. The first kappa shape index (κ1) is 14.9. The van der Waals surface area contributed by atoms with Crippen molar-refractivity contribution in [3.8, 4) is 0 Å². The number of fused-ring (bicyclic) bond motifs is 1. The number of nitrogens with zero attached hydrogens (tertiary/aromatic N) is 4. The zero-order valence-electron chi connectivity index (χ0n) is 13.7. The summed E-state index contributed by atoms with van der Waals surface area (Å²) in [6.45, 7) is 1.72. The van der Waals surface area contributed by atoms with E-state index >= 15 is 0 Å². The minimum Gasteiger partial charge on any atom is -0.347 e. The third-order valence-corrected chi connectivity index (χ3v) is 4.75. The minimum absolute atomic E-state index is 0.0551. The van der Waals surface area contributed by atoms with Gasteiger partial charge in [-0.3, -0.25) is 4.79 Å². The molecule has 2 atom stereocenters. The van der Waals surface area contributed by atoms with Crippen LogP contribution in [0.1, 0.15) is 22.0 Å². The van der Waals surface area contributed by atoms with E-state index in [1.807, 2.05) is 29.9 Å². The summed E-state index contributed by atoms with van der Waals surface area (Å²) in [5, 5.41) is 4.05. The number of likely N-dealkylation sites (N-methyl/N-ethyl adjacent to an activating group) is 1. The summed E-state index contributed by atoms with van der Waals surface area (Å²) >= 11 is 0. The Hall–Kier alpha value is -2.67. The van der Waals surface area contributed by atoms with Crippen molar-refractivity contribution in [3.63, 3.8) is 0 Å². The van der Waals surface area contributed by atoms with Gasteiger partial charge in [0.25, 0.3) is 5.91 Å². The number of carbonyl (C=O) groups excluding carboxylic acids is 1. The van der Waals surface area contributed by atoms with Crippen LogP contribution in [0.2, 0.25) is 0 Å². The molecule has 24 heavy (non-hydrogen) atoms. The Morgan fingerprint density at radius 2 is 2.25 bits per heavy atom. The Balaban J connectivity index is 1.59. The van der Waals surface area contributed by atoms with Crippen LogP contribution in [0.25, 0.3) is 11.0 Å². The van der Waals surface area contributed by atoms with E-state index in [4.69, 9.17) is 0 Å². The van der Waals surface area contributed by atoms with Crippen LogP contribution < -0.4 is 5.32 Å². The average molecular weight is 324 g/mol. The van der Waals surface area contributed by atoms with Crippen molar-refractivity contribution >= 4 is 16.9 Å². The standard InChI is InChI=1S/C17H20N6O/c1-22-8-13(15-7-18-10-23(15)2)14(9-22)21-17(24)12-6-20-16-11(12)4-3-5-19-16/h3-7,10,13-14H,8-9H2,1-2H3,(H,19,20)(H,21,24)/t13-,14-/m1/s1. The number of likely N-dealkylation sites (tertiary alicyclic amines) is 1. The lowest BCUT2D eigenvalue weighted by atomic mass is 9.99. The number of H-pyrrole nitrogens is 1. The second kappa shape index (κ2) is 5.76. The number of imidazole rings is 1. The molecule has 1 aliphatic rings. The first-order valence-electron chi connectivity index (χ1n) is 8.01. The van der Waals surface area contributed by atoms with Gasteiger partial charge in [-0.1, -0.05) is 0 Å². The van der Waals surface area contributed by atoms with E-state index in [0.29, 0.717) is 5.56 Å². The number of amides is 1. The van der Waals surface area contributed by atoms with Crippen molar-refractivity contribution in [3.05, 3.63) is 48.3 Å². The van der Waals surface area contributed by atoms with E-state index in [2.05, 4.69) is 32.2 Å². The number of aromatic amines is 1. The number of nitrogens with one attached hydrogen (secondary N) is 2. The van der Waals surface area contributed by atoms with E-state index < -0.39 is 0 Å². The fraction of sp³-hybridized carbons (Fsp3) is 0.353. The van der Waals surface area contributed by atoms with E-state index in [9.17, 15) is 4.79 Å². The van der Waals surface area contributed by atoms with Gasteiger partial charge in [0.15, 0.2) is 0 Å². The molecule has 3 aromatic heterocycles. The monoisotopic (exact) mass is 324 g/mol. The molecule has 0 aromatic carbocycles. The highest BCUT2D eigenvalue weighted by molar-refractivity contribution is 6.06. The Bertz CT molecular complexity index is 882. The number of hydrogen-bond donors (Lipinski definition) is 2. The van der Waals surface area contributed by atoms with E-state index in [-0.39, 0.29) is 17.9 Å². The normalized spacial score (nSPS) is 21.4. The van der Waals surface area contributed by atoms with Gasteiger partial charge >= 0.3 is 0 Å². The van der Waals surface area contributed by atoms with Crippen LogP contribution >= 0.6 is 0 Å². The topological polar surface area (TPSA) is 78.8 Å². The smallest absolute Gasteiger partial charge is 0.253 e. The molecule has 0 radical (unpaired) electrons. The third kappa shape index (κ3) is 2.46. The summed E-state index contributed by atoms with van der Waals surface area (Å²) < 4.78 is 2.03. The Morgan fingerprint density at radius 1 is 1.38 bits per heavy atom. The molecule has 7 heteroatoms. The molecule has 0 spiro atoms. The number of carbonyl (C=O) groups is 1. The molecule has 1 amide bonds. The molecule has 1 fully saturated rings. The third-order valence-electron chi connectivity index (χ3n) is 4.75. The molecule has 3 aromatic rings. The zero-order chi connectivity index (χ0) is 16.7. The molecule has 4 rings (SSSR count). The van der Waals surface area contributed by atoms with Gasteiger partial charge in [0.05, 0.1) is 17.9 Å². The van der Waals surface area contributed by atoms with Gasteiger partial charge in [0, 0.05) is 55.7 Å². The maximum absolute atomic E-state index is 12.8. The van der Waals surface area contributed by atoms with Gasteiger partial charge in [-0.25, -0.2) is 9.97 Å². The maximum Gasteiger partial charge on any atom is 0.253 e. The van der Waals surface area contributed by atoms with Crippen molar-refractivity contribution in [2.24, 2.45) is 7.05 Å². The van der Waals surface area contributed by atoms with Gasteiger partial charge in [-0.05, 0) is 19.2 Å². The van der Waals surface area contributed by atoms with Crippen LogP contribution in [0.3, 0.4) is 0 Å². The fourth-order valence-electron chi connectivity index (χ4n) is 3.56.